The molecule has 0 bridgehead atoms. The molecule has 0 saturated carbocycles. The fraction of sp³-hybridized carbons (Fsp3) is 0.0667. The van der Waals surface area contributed by atoms with Gasteiger partial charge in [0.2, 0.25) is 5.56 Å². The first-order chi connectivity index (χ1) is 9.65. The number of nitrogens with one attached hydrogen (secondary N) is 2. The van der Waals surface area contributed by atoms with Crippen molar-refractivity contribution >= 4 is 22.5 Å². The van der Waals surface area contributed by atoms with Crippen molar-refractivity contribution in [2.24, 2.45) is 7.05 Å². The Kier molecular flexibility index (Phi) is 2.87. The molecule has 0 atom stereocenters. The van der Waals surface area contributed by atoms with E-state index in [1.54, 1.807) is 31.6 Å². The van der Waals surface area contributed by atoms with Crippen LogP contribution < -0.4 is 10.9 Å². The molecule has 3 rings (SSSR count). The highest BCUT2D eigenvalue weighted by molar-refractivity contribution is 6.12. The molecule has 0 spiro atoms. The van der Waals surface area contributed by atoms with Crippen LogP contribution in [-0.4, -0.2) is 15.5 Å². The SMILES string of the molecule is Cn1cc(NC(=O)c2cccc3[nH]ccc23)ccc1=O. The van der Waals surface area contributed by atoms with Gasteiger partial charge in [0.1, 0.15) is 0 Å². The zero-order valence-electron chi connectivity index (χ0n) is 10.9. The van der Waals surface area contributed by atoms with Crippen LogP contribution in [0.5, 0.6) is 0 Å². The first kappa shape index (κ1) is 12.2. The summed E-state index contributed by atoms with van der Waals surface area (Å²) in [6.45, 7) is 0. The molecule has 20 heavy (non-hydrogen) atoms. The number of rotatable bonds is 2. The van der Waals surface area contributed by atoms with Gasteiger partial charge in [0.25, 0.3) is 5.91 Å². The number of fused-ring (bicyclic) bond motifs is 1. The second-order valence-corrected chi connectivity index (χ2v) is 4.57. The van der Waals surface area contributed by atoms with Gasteiger partial charge in [0, 0.05) is 42.0 Å². The van der Waals surface area contributed by atoms with E-state index in [-0.39, 0.29) is 11.5 Å². The van der Waals surface area contributed by atoms with E-state index in [1.165, 1.54) is 10.6 Å². The molecule has 0 saturated heterocycles. The fourth-order valence-electron chi connectivity index (χ4n) is 2.15. The Morgan fingerprint density at radius 2 is 2.05 bits per heavy atom. The topological polar surface area (TPSA) is 66.9 Å². The van der Waals surface area contributed by atoms with Gasteiger partial charge in [0.15, 0.2) is 0 Å². The predicted molar refractivity (Wildman–Crippen MR) is 77.9 cm³/mol. The zero-order chi connectivity index (χ0) is 14.1. The monoisotopic (exact) mass is 267 g/mol. The number of hydrogen-bond acceptors (Lipinski definition) is 2. The van der Waals surface area contributed by atoms with Gasteiger partial charge in [-0.2, -0.15) is 0 Å². The summed E-state index contributed by atoms with van der Waals surface area (Å²) in [6, 6.07) is 10.4. The van der Waals surface area contributed by atoms with E-state index >= 15 is 0 Å². The number of aromatic amines is 1. The third-order valence-electron chi connectivity index (χ3n) is 3.18. The normalized spacial score (nSPS) is 10.7. The fourth-order valence-corrected chi connectivity index (χ4v) is 2.15. The van der Waals surface area contributed by atoms with E-state index in [2.05, 4.69) is 10.3 Å². The molecule has 3 aromatic rings. The maximum atomic E-state index is 12.3. The van der Waals surface area contributed by atoms with Crippen molar-refractivity contribution in [3.8, 4) is 0 Å². The summed E-state index contributed by atoms with van der Waals surface area (Å²) in [5, 5.41) is 3.67. The Bertz CT molecular complexity index is 845. The second-order valence-electron chi connectivity index (χ2n) is 4.57. The predicted octanol–water partition coefficient (Wildman–Crippen LogP) is 2.12. The molecule has 0 aliphatic heterocycles. The van der Waals surface area contributed by atoms with Crippen LogP contribution in [0, 0.1) is 0 Å². The molecule has 0 unspecified atom stereocenters. The van der Waals surface area contributed by atoms with Gasteiger partial charge in [-0.25, -0.2) is 0 Å². The number of anilines is 1. The maximum Gasteiger partial charge on any atom is 0.256 e. The molecule has 0 fully saturated rings. The lowest BCUT2D eigenvalue weighted by molar-refractivity contribution is 0.102. The molecule has 0 radical (unpaired) electrons. The Balaban J connectivity index is 1.95. The van der Waals surface area contributed by atoms with Crippen LogP contribution in [0.15, 0.2) is 53.6 Å². The largest absolute Gasteiger partial charge is 0.361 e. The van der Waals surface area contributed by atoms with Crippen molar-refractivity contribution < 1.29 is 4.79 Å². The molecule has 0 aliphatic carbocycles. The number of H-pyrrole nitrogens is 1. The van der Waals surface area contributed by atoms with E-state index < -0.39 is 0 Å². The van der Waals surface area contributed by atoms with Crippen LogP contribution >= 0.6 is 0 Å². The third kappa shape index (κ3) is 2.09. The lowest BCUT2D eigenvalue weighted by Crippen LogP contribution is -2.18. The number of pyridine rings is 1. The highest BCUT2D eigenvalue weighted by Crippen LogP contribution is 2.18. The second kappa shape index (κ2) is 4.70. The van der Waals surface area contributed by atoms with Gasteiger partial charge in [-0.15, -0.1) is 0 Å². The summed E-state index contributed by atoms with van der Waals surface area (Å²) in [5.74, 6) is -0.200. The van der Waals surface area contributed by atoms with Crippen LogP contribution in [0.3, 0.4) is 0 Å². The van der Waals surface area contributed by atoms with Gasteiger partial charge in [-0.1, -0.05) is 6.07 Å². The summed E-state index contributed by atoms with van der Waals surface area (Å²) >= 11 is 0. The summed E-state index contributed by atoms with van der Waals surface area (Å²) < 4.78 is 1.42. The van der Waals surface area contributed by atoms with Gasteiger partial charge in [-0.05, 0) is 24.3 Å². The molecular formula is C15H13N3O2. The van der Waals surface area contributed by atoms with Crippen molar-refractivity contribution in [1.29, 1.82) is 0 Å². The quantitative estimate of drug-likeness (QED) is 0.746. The Morgan fingerprint density at radius 1 is 1.20 bits per heavy atom. The third-order valence-corrected chi connectivity index (χ3v) is 3.18. The lowest BCUT2D eigenvalue weighted by atomic mass is 10.1. The van der Waals surface area contributed by atoms with Crippen LogP contribution in [0.1, 0.15) is 10.4 Å². The van der Waals surface area contributed by atoms with E-state index in [0.29, 0.717) is 11.3 Å². The minimum atomic E-state index is -0.200. The van der Waals surface area contributed by atoms with E-state index in [4.69, 9.17) is 0 Å². The summed E-state index contributed by atoms with van der Waals surface area (Å²) in [5.41, 5.74) is 1.98. The van der Waals surface area contributed by atoms with Gasteiger partial charge < -0.3 is 14.9 Å². The van der Waals surface area contributed by atoms with Crippen LogP contribution in [0.25, 0.3) is 10.9 Å². The number of benzene rings is 1. The molecule has 5 nitrogen and oxygen atoms in total. The highest BCUT2D eigenvalue weighted by atomic mass is 16.1. The number of aromatic nitrogens is 2. The average molecular weight is 267 g/mol. The molecular weight excluding hydrogens is 254 g/mol. The van der Waals surface area contributed by atoms with E-state index in [9.17, 15) is 9.59 Å². The smallest absolute Gasteiger partial charge is 0.256 e. The minimum absolute atomic E-state index is 0.115. The van der Waals surface area contributed by atoms with Gasteiger partial charge in [-0.3, -0.25) is 9.59 Å². The first-order valence-electron chi connectivity index (χ1n) is 6.19. The Hall–Kier alpha value is -2.82. The number of amides is 1. The van der Waals surface area contributed by atoms with Crippen molar-refractivity contribution in [3.63, 3.8) is 0 Å². The molecule has 5 heteroatoms. The van der Waals surface area contributed by atoms with Crippen LogP contribution in [-0.2, 0) is 7.05 Å². The van der Waals surface area contributed by atoms with Crippen LogP contribution in [0.4, 0.5) is 5.69 Å². The molecule has 0 aliphatic rings. The minimum Gasteiger partial charge on any atom is -0.361 e. The van der Waals surface area contributed by atoms with E-state index in [0.717, 1.165) is 10.9 Å². The molecule has 2 aromatic heterocycles. The molecule has 1 amide bonds. The van der Waals surface area contributed by atoms with Gasteiger partial charge in [0.05, 0.1) is 5.69 Å². The van der Waals surface area contributed by atoms with Crippen molar-refractivity contribution in [3.05, 3.63) is 64.7 Å². The number of carbonyl (C=O) groups excluding carboxylic acids is 1. The Labute approximate surface area is 114 Å². The molecule has 2 N–H and O–H groups in total. The highest BCUT2D eigenvalue weighted by Gasteiger charge is 2.10. The van der Waals surface area contributed by atoms with Crippen molar-refractivity contribution in [2.45, 2.75) is 0 Å². The van der Waals surface area contributed by atoms with Crippen molar-refractivity contribution in [2.75, 3.05) is 5.32 Å². The van der Waals surface area contributed by atoms with Crippen molar-refractivity contribution in [1.82, 2.24) is 9.55 Å². The summed E-state index contributed by atoms with van der Waals surface area (Å²) in [6.07, 6.45) is 3.39. The number of aryl methyl sites for hydroxylation is 1. The van der Waals surface area contributed by atoms with Crippen LogP contribution in [0.2, 0.25) is 0 Å². The Morgan fingerprint density at radius 3 is 2.85 bits per heavy atom. The standard InChI is InChI=1S/C15H13N3O2/c1-18-9-10(5-6-14(18)19)17-15(20)12-3-2-4-13-11(12)7-8-16-13/h2-9,16H,1H3,(H,17,20). The zero-order valence-corrected chi connectivity index (χ0v) is 10.9. The van der Waals surface area contributed by atoms with Gasteiger partial charge >= 0.3 is 0 Å². The first-order valence-corrected chi connectivity index (χ1v) is 6.19. The number of carbonyl (C=O) groups is 1. The molecule has 1 aromatic carbocycles. The maximum absolute atomic E-state index is 12.3. The molecule has 100 valence electrons. The number of hydrogen-bond donors (Lipinski definition) is 2. The number of nitrogens with zero attached hydrogens (tertiary/aromatic N) is 1. The summed E-state index contributed by atoms with van der Waals surface area (Å²) in [7, 11) is 1.64. The average Bonchev–Trinajstić information content (AvgIpc) is 2.91. The lowest BCUT2D eigenvalue weighted by Gasteiger charge is -2.07. The summed E-state index contributed by atoms with van der Waals surface area (Å²) in [4.78, 5) is 26.7. The van der Waals surface area contributed by atoms with E-state index in [1.807, 2.05) is 18.2 Å². The molecule has 2 heterocycles.